The average molecular weight is 268 g/mol. The van der Waals surface area contributed by atoms with E-state index in [9.17, 15) is 14.9 Å². The van der Waals surface area contributed by atoms with E-state index >= 15 is 0 Å². The second kappa shape index (κ2) is 5.66. The maximum Gasteiger partial charge on any atom is 0.329 e. The fourth-order valence-corrected chi connectivity index (χ4v) is 1.38. The number of nitro benzene ring substituents is 1. The molecule has 0 saturated carbocycles. The van der Waals surface area contributed by atoms with Gasteiger partial charge in [-0.15, -0.1) is 0 Å². The van der Waals surface area contributed by atoms with Crippen molar-refractivity contribution in [3.05, 3.63) is 33.9 Å². The zero-order valence-electron chi connectivity index (χ0n) is 11.0. The molecule has 1 aromatic carbocycles. The number of nitro groups is 1. The van der Waals surface area contributed by atoms with E-state index in [1.807, 2.05) is 0 Å². The summed E-state index contributed by atoms with van der Waals surface area (Å²) in [6, 6.07) is 4.24. The first-order chi connectivity index (χ1) is 8.77. The molecule has 0 saturated heterocycles. The van der Waals surface area contributed by atoms with Crippen LogP contribution >= 0.6 is 0 Å². The third-order valence-electron chi connectivity index (χ3n) is 2.56. The monoisotopic (exact) mass is 268 g/mol. The third kappa shape index (κ3) is 3.65. The predicted octanol–water partition coefficient (Wildman–Crippen LogP) is 1.17. The van der Waals surface area contributed by atoms with Crippen molar-refractivity contribution in [2.24, 2.45) is 5.73 Å². The van der Waals surface area contributed by atoms with E-state index in [0.29, 0.717) is 11.3 Å². The number of benzene rings is 1. The number of non-ortho nitro benzene ring substituents is 1. The zero-order chi connectivity index (χ0) is 14.6. The summed E-state index contributed by atoms with van der Waals surface area (Å²) in [4.78, 5) is 21.5. The van der Waals surface area contributed by atoms with Crippen LogP contribution < -0.4 is 10.5 Å². The number of aryl methyl sites for hydroxylation is 1. The second-order valence-corrected chi connectivity index (χ2v) is 4.40. The number of ether oxygens (including phenoxy) is 2. The molecular formula is C12H16N2O5. The average Bonchev–Trinajstić information content (AvgIpc) is 2.36. The minimum Gasteiger partial charge on any atom is -0.491 e. The molecule has 0 aliphatic carbocycles. The van der Waals surface area contributed by atoms with Gasteiger partial charge in [0.2, 0.25) is 0 Å². The maximum atomic E-state index is 11.4. The lowest BCUT2D eigenvalue weighted by atomic mass is 10.1. The summed E-state index contributed by atoms with van der Waals surface area (Å²) in [6.45, 7) is 3.07. The molecule has 1 rings (SSSR count). The molecule has 104 valence electrons. The molecule has 0 amide bonds. The van der Waals surface area contributed by atoms with Crippen LogP contribution in [-0.4, -0.2) is 30.1 Å². The zero-order valence-corrected chi connectivity index (χ0v) is 11.0. The highest BCUT2D eigenvalue weighted by Crippen LogP contribution is 2.24. The highest BCUT2D eigenvalue weighted by atomic mass is 16.6. The van der Waals surface area contributed by atoms with Crippen molar-refractivity contribution in [3.63, 3.8) is 0 Å². The van der Waals surface area contributed by atoms with Crippen molar-refractivity contribution in [2.75, 3.05) is 13.7 Å². The SMILES string of the molecule is COC(=O)C(C)(N)COc1cc([N+](=O)[O-])ccc1C. The van der Waals surface area contributed by atoms with Gasteiger partial charge in [-0.3, -0.25) is 10.1 Å². The topological polar surface area (TPSA) is 105 Å². The smallest absolute Gasteiger partial charge is 0.329 e. The highest BCUT2D eigenvalue weighted by molar-refractivity contribution is 5.80. The summed E-state index contributed by atoms with van der Waals surface area (Å²) in [5, 5.41) is 10.7. The molecule has 0 spiro atoms. The van der Waals surface area contributed by atoms with E-state index in [1.165, 1.54) is 26.2 Å². The summed E-state index contributed by atoms with van der Waals surface area (Å²) in [7, 11) is 1.23. The number of carbonyl (C=O) groups is 1. The van der Waals surface area contributed by atoms with Gasteiger partial charge < -0.3 is 15.2 Å². The Morgan fingerprint density at radius 3 is 2.68 bits per heavy atom. The van der Waals surface area contributed by atoms with Gasteiger partial charge in [0, 0.05) is 6.07 Å². The van der Waals surface area contributed by atoms with Gasteiger partial charge in [0.1, 0.15) is 17.9 Å². The van der Waals surface area contributed by atoms with E-state index in [0.717, 1.165) is 0 Å². The number of hydrogen-bond donors (Lipinski definition) is 1. The number of esters is 1. The van der Waals surface area contributed by atoms with Crippen LogP contribution in [0.3, 0.4) is 0 Å². The van der Waals surface area contributed by atoms with Gasteiger partial charge in [0.15, 0.2) is 0 Å². The lowest BCUT2D eigenvalue weighted by molar-refractivity contribution is -0.385. The molecule has 1 atom stereocenters. The quantitative estimate of drug-likeness (QED) is 0.488. The van der Waals surface area contributed by atoms with Crippen molar-refractivity contribution in [3.8, 4) is 5.75 Å². The van der Waals surface area contributed by atoms with Crippen LogP contribution in [0.25, 0.3) is 0 Å². The van der Waals surface area contributed by atoms with Gasteiger partial charge in [-0.2, -0.15) is 0 Å². The summed E-state index contributed by atoms with van der Waals surface area (Å²) >= 11 is 0. The summed E-state index contributed by atoms with van der Waals surface area (Å²) in [5.74, 6) is -0.301. The maximum absolute atomic E-state index is 11.4. The van der Waals surface area contributed by atoms with Crippen LogP contribution in [0.1, 0.15) is 12.5 Å². The van der Waals surface area contributed by atoms with Crippen molar-refractivity contribution in [1.82, 2.24) is 0 Å². The number of methoxy groups -OCH3 is 1. The van der Waals surface area contributed by atoms with E-state index in [4.69, 9.17) is 10.5 Å². The Balaban J connectivity index is 2.85. The fraction of sp³-hybridized carbons (Fsp3) is 0.417. The van der Waals surface area contributed by atoms with E-state index in [-0.39, 0.29) is 12.3 Å². The summed E-state index contributed by atoms with van der Waals surface area (Å²) < 4.78 is 9.93. The molecule has 0 aromatic heterocycles. The Morgan fingerprint density at radius 1 is 1.53 bits per heavy atom. The molecule has 1 unspecified atom stereocenters. The van der Waals surface area contributed by atoms with Gasteiger partial charge in [-0.05, 0) is 25.5 Å². The van der Waals surface area contributed by atoms with Crippen molar-refractivity contribution in [2.45, 2.75) is 19.4 Å². The van der Waals surface area contributed by atoms with Crippen LogP contribution in [-0.2, 0) is 9.53 Å². The Morgan fingerprint density at radius 2 is 2.16 bits per heavy atom. The Labute approximate surface area is 110 Å². The highest BCUT2D eigenvalue weighted by Gasteiger charge is 2.30. The van der Waals surface area contributed by atoms with Crippen LogP contribution in [0.4, 0.5) is 5.69 Å². The van der Waals surface area contributed by atoms with Gasteiger partial charge in [0.25, 0.3) is 5.69 Å². The molecule has 7 nitrogen and oxygen atoms in total. The van der Waals surface area contributed by atoms with E-state index < -0.39 is 16.4 Å². The molecule has 2 N–H and O–H groups in total. The number of rotatable bonds is 5. The summed E-state index contributed by atoms with van der Waals surface area (Å²) in [6.07, 6.45) is 0. The molecule has 0 heterocycles. The molecule has 19 heavy (non-hydrogen) atoms. The van der Waals surface area contributed by atoms with Crippen LogP contribution in [0.15, 0.2) is 18.2 Å². The standard InChI is InChI=1S/C12H16N2O5/c1-8-4-5-9(14(16)17)6-10(8)19-7-12(2,13)11(15)18-3/h4-6H,7,13H2,1-3H3. The lowest BCUT2D eigenvalue weighted by Gasteiger charge is -2.22. The molecule has 0 bridgehead atoms. The third-order valence-corrected chi connectivity index (χ3v) is 2.56. The van der Waals surface area contributed by atoms with E-state index in [2.05, 4.69) is 4.74 Å². The van der Waals surface area contributed by atoms with Gasteiger partial charge in [-0.1, -0.05) is 0 Å². The van der Waals surface area contributed by atoms with Crippen LogP contribution in [0.5, 0.6) is 5.75 Å². The lowest BCUT2D eigenvalue weighted by Crippen LogP contribution is -2.50. The van der Waals surface area contributed by atoms with Crippen molar-refractivity contribution < 1.29 is 19.2 Å². The molecular weight excluding hydrogens is 252 g/mol. The van der Waals surface area contributed by atoms with Gasteiger partial charge >= 0.3 is 5.97 Å². The summed E-state index contributed by atoms with van der Waals surface area (Å²) in [5.41, 5.74) is 5.05. The molecule has 7 heteroatoms. The predicted molar refractivity (Wildman–Crippen MR) is 67.9 cm³/mol. The van der Waals surface area contributed by atoms with Gasteiger partial charge in [0.05, 0.1) is 18.1 Å². The fourth-order valence-electron chi connectivity index (χ4n) is 1.38. The van der Waals surface area contributed by atoms with Crippen molar-refractivity contribution in [1.29, 1.82) is 0 Å². The molecule has 0 radical (unpaired) electrons. The Kier molecular flexibility index (Phi) is 4.44. The first kappa shape index (κ1) is 14.9. The first-order valence-electron chi connectivity index (χ1n) is 5.53. The molecule has 0 aliphatic rings. The Bertz CT molecular complexity index is 499. The molecule has 1 aromatic rings. The number of hydrogen-bond acceptors (Lipinski definition) is 6. The van der Waals surface area contributed by atoms with Crippen LogP contribution in [0, 0.1) is 17.0 Å². The number of nitrogens with zero attached hydrogens (tertiary/aromatic N) is 1. The minimum atomic E-state index is -1.31. The molecule has 0 aliphatic heterocycles. The van der Waals surface area contributed by atoms with Gasteiger partial charge in [-0.25, -0.2) is 4.79 Å². The minimum absolute atomic E-state index is 0.0857. The van der Waals surface area contributed by atoms with Crippen molar-refractivity contribution >= 4 is 11.7 Å². The second-order valence-electron chi connectivity index (χ2n) is 4.40. The first-order valence-corrected chi connectivity index (χ1v) is 5.53. The van der Waals surface area contributed by atoms with E-state index in [1.54, 1.807) is 13.0 Å². The Hall–Kier alpha value is -2.15. The largest absolute Gasteiger partial charge is 0.491 e. The molecule has 0 fully saturated rings. The number of carbonyl (C=O) groups excluding carboxylic acids is 1. The van der Waals surface area contributed by atoms with Crippen LogP contribution in [0.2, 0.25) is 0 Å². The number of nitrogens with two attached hydrogens (primary N) is 1. The normalized spacial score (nSPS) is 13.5.